The number of hydrogen-bond acceptors (Lipinski definition) is 3. The number of nitrogens with one attached hydrogen (secondary N) is 1. The Hall–Kier alpha value is -1.26. The van der Waals surface area contributed by atoms with E-state index in [-0.39, 0.29) is 0 Å². The summed E-state index contributed by atoms with van der Waals surface area (Å²) >= 11 is 3.51. The molecule has 1 aromatic heterocycles. The minimum absolute atomic E-state index is 0.442. The fraction of sp³-hybridized carbons (Fsp3) is 0.375. The highest BCUT2D eigenvalue weighted by Gasteiger charge is 2.08. The van der Waals surface area contributed by atoms with Crippen LogP contribution < -0.4 is 10.1 Å². The molecular weight excluding hydrogens is 318 g/mol. The van der Waals surface area contributed by atoms with Gasteiger partial charge in [-0.3, -0.25) is 0 Å². The molecule has 2 aromatic rings. The van der Waals surface area contributed by atoms with Crippen LogP contribution in [0.3, 0.4) is 0 Å². The molecular formula is C16H20BrNO2. The fourth-order valence-electron chi connectivity index (χ4n) is 1.92. The van der Waals surface area contributed by atoms with Crippen molar-refractivity contribution in [2.24, 2.45) is 0 Å². The van der Waals surface area contributed by atoms with Gasteiger partial charge in [-0.2, -0.15) is 0 Å². The highest BCUT2D eigenvalue weighted by molar-refractivity contribution is 9.10. The molecule has 0 atom stereocenters. The van der Waals surface area contributed by atoms with Crippen molar-refractivity contribution in [3.8, 4) is 5.75 Å². The number of hydrogen-bond donors (Lipinski definition) is 1. The lowest BCUT2D eigenvalue weighted by Crippen LogP contribution is -2.14. The van der Waals surface area contributed by atoms with Gasteiger partial charge in [-0.05, 0) is 59.6 Å². The molecule has 20 heavy (non-hydrogen) atoms. The molecule has 108 valence electrons. The van der Waals surface area contributed by atoms with Crippen LogP contribution in [0.5, 0.6) is 5.75 Å². The lowest BCUT2D eigenvalue weighted by Gasteiger charge is -2.09. The third-order valence-electron chi connectivity index (χ3n) is 3.03. The number of benzene rings is 1. The Morgan fingerprint density at radius 1 is 1.30 bits per heavy atom. The molecule has 1 N–H and O–H groups in total. The predicted octanol–water partition coefficient (Wildman–Crippen LogP) is 4.43. The minimum Gasteiger partial charge on any atom is -0.484 e. The van der Waals surface area contributed by atoms with E-state index in [0.717, 1.165) is 41.1 Å². The molecule has 2 rings (SSSR count). The van der Waals surface area contributed by atoms with Crippen LogP contribution in [0.15, 0.2) is 39.4 Å². The van der Waals surface area contributed by atoms with Gasteiger partial charge in [0.05, 0.1) is 10.7 Å². The Bertz CT molecular complexity index is 551. The summed E-state index contributed by atoms with van der Waals surface area (Å²) in [6.07, 6.45) is 2.84. The summed E-state index contributed by atoms with van der Waals surface area (Å²) < 4.78 is 12.3. The highest BCUT2D eigenvalue weighted by Crippen LogP contribution is 2.27. The Labute approximate surface area is 128 Å². The molecule has 4 heteroatoms. The van der Waals surface area contributed by atoms with Crippen LogP contribution in [0.4, 0.5) is 0 Å². The number of ether oxygens (including phenoxy) is 1. The van der Waals surface area contributed by atoms with E-state index >= 15 is 0 Å². The van der Waals surface area contributed by atoms with E-state index in [1.165, 1.54) is 5.56 Å². The van der Waals surface area contributed by atoms with E-state index in [4.69, 9.17) is 9.15 Å². The average Bonchev–Trinajstić information content (AvgIpc) is 2.86. The molecule has 0 aliphatic heterocycles. The Balaban J connectivity index is 1.95. The summed E-state index contributed by atoms with van der Waals surface area (Å²) in [5.41, 5.74) is 2.35. The lowest BCUT2D eigenvalue weighted by molar-refractivity contribution is 0.266. The highest BCUT2D eigenvalue weighted by atomic mass is 79.9. The van der Waals surface area contributed by atoms with Crippen LogP contribution in [0.2, 0.25) is 0 Å². The molecule has 0 spiro atoms. The first-order valence-electron chi connectivity index (χ1n) is 6.85. The van der Waals surface area contributed by atoms with Crippen molar-refractivity contribution in [3.63, 3.8) is 0 Å². The zero-order valence-corrected chi connectivity index (χ0v) is 13.5. The predicted molar refractivity (Wildman–Crippen MR) is 83.9 cm³/mol. The van der Waals surface area contributed by atoms with Crippen LogP contribution in [-0.2, 0) is 13.2 Å². The summed E-state index contributed by atoms with van der Waals surface area (Å²) in [7, 11) is 0. The summed E-state index contributed by atoms with van der Waals surface area (Å²) in [4.78, 5) is 0. The molecule has 1 aromatic carbocycles. The molecule has 0 saturated carbocycles. The molecule has 0 saturated heterocycles. The summed E-state index contributed by atoms with van der Waals surface area (Å²) in [5.74, 6) is 1.71. The van der Waals surface area contributed by atoms with Crippen molar-refractivity contribution in [2.45, 2.75) is 33.4 Å². The summed E-state index contributed by atoms with van der Waals surface area (Å²) in [5, 5.41) is 3.37. The van der Waals surface area contributed by atoms with Crippen molar-refractivity contribution in [1.82, 2.24) is 5.32 Å². The molecule has 0 amide bonds. The van der Waals surface area contributed by atoms with Gasteiger partial charge in [-0.1, -0.05) is 13.0 Å². The van der Waals surface area contributed by atoms with Gasteiger partial charge in [0.15, 0.2) is 0 Å². The third-order valence-corrected chi connectivity index (χ3v) is 3.65. The molecule has 3 nitrogen and oxygen atoms in total. The molecule has 0 aliphatic rings. The fourth-order valence-corrected chi connectivity index (χ4v) is 2.52. The number of rotatable bonds is 7. The van der Waals surface area contributed by atoms with Gasteiger partial charge in [0.25, 0.3) is 0 Å². The topological polar surface area (TPSA) is 34.4 Å². The maximum Gasteiger partial charge on any atom is 0.146 e. The summed E-state index contributed by atoms with van der Waals surface area (Å²) in [6, 6.07) is 8.04. The number of furan rings is 1. The van der Waals surface area contributed by atoms with Crippen LogP contribution in [0, 0.1) is 6.92 Å². The molecule has 0 aliphatic carbocycles. The first kappa shape index (κ1) is 15.1. The molecule has 0 radical (unpaired) electrons. The molecule has 1 heterocycles. The van der Waals surface area contributed by atoms with Crippen LogP contribution in [0.1, 0.15) is 30.2 Å². The van der Waals surface area contributed by atoms with Crippen molar-refractivity contribution < 1.29 is 9.15 Å². The quantitative estimate of drug-likeness (QED) is 0.759. The molecule has 0 bridgehead atoms. The van der Waals surface area contributed by atoms with Gasteiger partial charge in [0.1, 0.15) is 18.1 Å². The number of aryl methyl sites for hydroxylation is 1. The van der Waals surface area contributed by atoms with Gasteiger partial charge in [-0.25, -0.2) is 0 Å². The van der Waals surface area contributed by atoms with Gasteiger partial charge < -0.3 is 14.5 Å². The zero-order chi connectivity index (χ0) is 14.4. The maximum absolute atomic E-state index is 5.81. The van der Waals surface area contributed by atoms with Crippen LogP contribution >= 0.6 is 15.9 Å². The number of halogens is 1. The Morgan fingerprint density at radius 2 is 2.15 bits per heavy atom. The van der Waals surface area contributed by atoms with E-state index in [9.17, 15) is 0 Å². The van der Waals surface area contributed by atoms with Gasteiger partial charge in [0.2, 0.25) is 0 Å². The first-order valence-corrected chi connectivity index (χ1v) is 7.65. The minimum atomic E-state index is 0.442. The van der Waals surface area contributed by atoms with Gasteiger partial charge >= 0.3 is 0 Å². The Morgan fingerprint density at radius 3 is 2.90 bits per heavy atom. The molecule has 0 unspecified atom stereocenters. The van der Waals surface area contributed by atoms with Crippen molar-refractivity contribution in [2.75, 3.05) is 6.54 Å². The smallest absolute Gasteiger partial charge is 0.146 e. The van der Waals surface area contributed by atoms with E-state index in [0.29, 0.717) is 6.61 Å². The third kappa shape index (κ3) is 4.12. The van der Waals surface area contributed by atoms with Gasteiger partial charge in [-0.15, -0.1) is 0 Å². The van der Waals surface area contributed by atoms with Crippen molar-refractivity contribution >= 4 is 15.9 Å². The Kier molecular flexibility index (Phi) is 5.68. The summed E-state index contributed by atoms with van der Waals surface area (Å²) in [6.45, 7) is 6.48. The standard InChI is InChI=1S/C16H20BrNO2/c1-3-7-18-10-13-6-8-19-16(13)11-20-15-5-4-12(2)9-14(15)17/h4-6,8-9,18H,3,7,10-11H2,1-2H3. The average molecular weight is 338 g/mol. The lowest BCUT2D eigenvalue weighted by atomic mass is 10.2. The second-order valence-corrected chi connectivity index (χ2v) is 5.62. The van der Waals surface area contributed by atoms with E-state index in [2.05, 4.69) is 35.1 Å². The first-order chi connectivity index (χ1) is 9.70. The van der Waals surface area contributed by atoms with Gasteiger partial charge in [0, 0.05) is 12.1 Å². The van der Waals surface area contributed by atoms with E-state index in [1.54, 1.807) is 6.26 Å². The van der Waals surface area contributed by atoms with Crippen molar-refractivity contribution in [1.29, 1.82) is 0 Å². The monoisotopic (exact) mass is 337 g/mol. The normalized spacial score (nSPS) is 10.8. The van der Waals surface area contributed by atoms with E-state index in [1.807, 2.05) is 24.3 Å². The van der Waals surface area contributed by atoms with Crippen LogP contribution in [-0.4, -0.2) is 6.54 Å². The zero-order valence-electron chi connectivity index (χ0n) is 11.9. The SMILES string of the molecule is CCCNCc1ccoc1COc1ccc(C)cc1Br. The molecule has 0 fully saturated rings. The second-order valence-electron chi connectivity index (χ2n) is 4.77. The largest absolute Gasteiger partial charge is 0.484 e. The maximum atomic E-state index is 5.81. The van der Waals surface area contributed by atoms with Crippen LogP contribution in [0.25, 0.3) is 0 Å². The van der Waals surface area contributed by atoms with E-state index < -0.39 is 0 Å². The van der Waals surface area contributed by atoms with Crippen molar-refractivity contribution in [3.05, 3.63) is 51.9 Å². The second kappa shape index (κ2) is 7.50.